The smallest absolute Gasteiger partial charge is 0.377 e. The summed E-state index contributed by atoms with van der Waals surface area (Å²) in [7, 11) is 1.40. The summed E-state index contributed by atoms with van der Waals surface area (Å²) in [5, 5.41) is 0. The molecule has 0 spiro atoms. The van der Waals surface area contributed by atoms with Gasteiger partial charge in [-0.1, -0.05) is 27.2 Å². The Balaban J connectivity index is 2.62. The molecule has 162 valence electrons. The van der Waals surface area contributed by atoms with Crippen molar-refractivity contribution in [1.82, 2.24) is 9.47 Å². The molecule has 0 radical (unpaired) electrons. The minimum Gasteiger partial charge on any atom is -0.377 e. The maximum absolute atomic E-state index is 5.58. The van der Waals surface area contributed by atoms with E-state index < -0.39 is 17.0 Å². The molecule has 27 heavy (non-hydrogen) atoms. The molecule has 0 aliphatic carbocycles. The minimum absolute atomic E-state index is 0.912. The second-order valence-corrected chi connectivity index (χ2v) is 16.2. The Labute approximate surface area is 171 Å². The molecular weight excluding hydrogens is 372 g/mol. The Hall–Kier alpha value is 0.234. The Morgan fingerprint density at radius 3 is 1.81 bits per heavy atom. The van der Waals surface area contributed by atoms with Crippen molar-refractivity contribution in [3.8, 4) is 0 Å². The lowest BCUT2D eigenvalue weighted by atomic mass is 10.1. The molecule has 0 N–H and O–H groups in total. The van der Waals surface area contributed by atoms with Crippen molar-refractivity contribution in [2.45, 2.75) is 77.1 Å². The average Bonchev–Trinajstić information content (AvgIpc) is 2.74. The van der Waals surface area contributed by atoms with E-state index in [0.717, 1.165) is 12.5 Å². The largest absolute Gasteiger partial charge is 0.500 e. The molecule has 0 saturated carbocycles. The van der Waals surface area contributed by atoms with E-state index in [1.807, 2.05) is 0 Å². The number of piperidine rings is 1. The summed E-state index contributed by atoms with van der Waals surface area (Å²) in [6.07, 6.45) is 6.51. The first kappa shape index (κ1) is 25.3. The molecule has 5 nitrogen and oxygen atoms in total. The highest BCUT2D eigenvalue weighted by Gasteiger charge is 2.38. The van der Waals surface area contributed by atoms with Crippen molar-refractivity contribution in [1.29, 1.82) is 0 Å². The molecule has 1 heterocycles. The summed E-state index contributed by atoms with van der Waals surface area (Å²) >= 11 is 0. The van der Waals surface area contributed by atoms with Gasteiger partial charge in [0.2, 0.25) is 0 Å². The van der Waals surface area contributed by atoms with Crippen LogP contribution in [0.15, 0.2) is 0 Å². The zero-order valence-electron chi connectivity index (χ0n) is 19.0. The van der Waals surface area contributed by atoms with E-state index in [1.54, 1.807) is 21.3 Å². The van der Waals surface area contributed by atoms with Crippen LogP contribution < -0.4 is 0 Å². The van der Waals surface area contributed by atoms with Gasteiger partial charge in [-0.25, -0.2) is 0 Å². The Kier molecular flexibility index (Phi) is 12.6. The monoisotopic (exact) mass is 418 g/mol. The highest BCUT2D eigenvalue weighted by Crippen LogP contribution is 2.26. The van der Waals surface area contributed by atoms with Crippen LogP contribution in [0.5, 0.6) is 0 Å². The second-order valence-electron chi connectivity index (χ2n) is 7.93. The van der Waals surface area contributed by atoms with E-state index in [-0.39, 0.29) is 0 Å². The van der Waals surface area contributed by atoms with E-state index in [4.69, 9.17) is 13.3 Å². The topological polar surface area (TPSA) is 34.2 Å². The van der Waals surface area contributed by atoms with Gasteiger partial charge < -0.3 is 22.7 Å². The summed E-state index contributed by atoms with van der Waals surface area (Å²) in [6, 6.07) is 5.02. The van der Waals surface area contributed by atoms with Crippen LogP contribution in [-0.4, -0.2) is 80.6 Å². The van der Waals surface area contributed by atoms with Crippen LogP contribution in [0.3, 0.4) is 0 Å². The maximum Gasteiger partial charge on any atom is 0.500 e. The molecule has 0 bridgehead atoms. The molecule has 0 aromatic heterocycles. The predicted molar refractivity (Wildman–Crippen MR) is 120 cm³/mol. The second kappa shape index (κ2) is 13.5. The van der Waals surface area contributed by atoms with E-state index >= 15 is 0 Å². The number of unbranched alkanes of at least 4 members (excludes halogenated alkanes) is 1. The average molecular weight is 419 g/mol. The first-order valence-corrected chi connectivity index (χ1v) is 15.7. The molecule has 0 amide bonds. The van der Waals surface area contributed by atoms with E-state index in [0.29, 0.717) is 0 Å². The highest BCUT2D eigenvalue weighted by atomic mass is 28.4. The normalized spacial score (nSPS) is 17.0. The molecule has 0 aromatic carbocycles. The van der Waals surface area contributed by atoms with Crippen LogP contribution >= 0.6 is 0 Å². The number of likely N-dealkylation sites (tertiary alicyclic amines) is 1. The van der Waals surface area contributed by atoms with Gasteiger partial charge in [-0.15, -0.1) is 0 Å². The van der Waals surface area contributed by atoms with Gasteiger partial charge in [0.1, 0.15) is 8.24 Å². The van der Waals surface area contributed by atoms with Gasteiger partial charge in [-0.05, 0) is 63.4 Å². The van der Waals surface area contributed by atoms with Gasteiger partial charge in [0.15, 0.2) is 0 Å². The molecule has 1 rings (SSSR count). The fourth-order valence-corrected chi connectivity index (χ4v) is 10.5. The summed E-state index contributed by atoms with van der Waals surface area (Å²) in [6.45, 7) is 13.6. The Morgan fingerprint density at radius 1 is 0.778 bits per heavy atom. The standard InChI is InChI=1S/C20H46N2O3Si2/c1-7-26(8-2,9-3)22(19-18-21-15-11-10-12-16-21)17-13-14-20-27(23-4,24-5)25-6/h7-20H2,1-6H3. The molecule has 1 aliphatic rings. The van der Waals surface area contributed by atoms with E-state index in [1.165, 1.54) is 76.5 Å². The van der Waals surface area contributed by atoms with Crippen LogP contribution in [0.4, 0.5) is 0 Å². The lowest BCUT2D eigenvalue weighted by molar-refractivity contribution is 0.122. The molecular formula is C20H46N2O3Si2. The van der Waals surface area contributed by atoms with Gasteiger partial charge in [0, 0.05) is 40.5 Å². The predicted octanol–water partition coefficient (Wildman–Crippen LogP) is 4.44. The van der Waals surface area contributed by atoms with Gasteiger partial charge in [-0.2, -0.15) is 0 Å². The van der Waals surface area contributed by atoms with Crippen molar-refractivity contribution in [3.63, 3.8) is 0 Å². The molecule has 1 saturated heterocycles. The molecule has 1 aliphatic heterocycles. The van der Waals surface area contributed by atoms with Crippen LogP contribution in [0, 0.1) is 0 Å². The maximum atomic E-state index is 5.58. The fourth-order valence-electron chi connectivity index (χ4n) is 4.65. The lowest BCUT2D eigenvalue weighted by Gasteiger charge is -2.42. The summed E-state index contributed by atoms with van der Waals surface area (Å²) < 4.78 is 19.7. The van der Waals surface area contributed by atoms with Crippen molar-refractivity contribution >= 4 is 17.0 Å². The van der Waals surface area contributed by atoms with Crippen molar-refractivity contribution in [2.24, 2.45) is 0 Å². The zero-order chi connectivity index (χ0) is 20.2. The third-order valence-corrected chi connectivity index (χ3v) is 15.4. The minimum atomic E-state index is -2.42. The van der Waals surface area contributed by atoms with E-state index in [9.17, 15) is 0 Å². The highest BCUT2D eigenvalue weighted by molar-refractivity contribution is 6.77. The number of hydrogen-bond donors (Lipinski definition) is 0. The van der Waals surface area contributed by atoms with Gasteiger partial charge >= 0.3 is 8.80 Å². The zero-order valence-corrected chi connectivity index (χ0v) is 21.0. The summed E-state index contributed by atoms with van der Waals surface area (Å²) in [5.41, 5.74) is 0. The molecule has 1 fully saturated rings. The quantitative estimate of drug-likeness (QED) is 0.290. The third kappa shape index (κ3) is 7.53. The Morgan fingerprint density at radius 2 is 1.33 bits per heavy atom. The summed E-state index contributed by atoms with van der Waals surface area (Å²) in [4.78, 5) is 2.69. The lowest BCUT2D eigenvalue weighted by Crippen LogP contribution is -2.55. The van der Waals surface area contributed by atoms with Gasteiger partial charge in [0.05, 0.1) is 0 Å². The number of hydrogen-bond acceptors (Lipinski definition) is 5. The van der Waals surface area contributed by atoms with Crippen LogP contribution in [0.1, 0.15) is 52.9 Å². The molecule has 0 atom stereocenters. The van der Waals surface area contributed by atoms with Gasteiger partial charge in [-0.3, -0.25) is 0 Å². The van der Waals surface area contributed by atoms with Crippen LogP contribution in [0.2, 0.25) is 24.2 Å². The molecule has 0 aromatic rings. The molecule has 0 unspecified atom stereocenters. The van der Waals surface area contributed by atoms with Crippen LogP contribution in [-0.2, 0) is 13.3 Å². The fraction of sp³-hybridized carbons (Fsp3) is 1.00. The number of rotatable bonds is 15. The number of nitrogens with zero attached hydrogens (tertiary/aromatic N) is 2. The first-order valence-electron chi connectivity index (χ1n) is 11.2. The van der Waals surface area contributed by atoms with Crippen LogP contribution in [0.25, 0.3) is 0 Å². The SMILES string of the molecule is CC[Si](CC)(CC)N(CCCC[Si](OC)(OC)OC)CCN1CCCCC1. The summed E-state index contributed by atoms with van der Waals surface area (Å²) in [5.74, 6) is 0. The Bertz CT molecular complexity index is 358. The van der Waals surface area contributed by atoms with Gasteiger partial charge in [0.25, 0.3) is 0 Å². The first-order chi connectivity index (χ1) is 13.0. The van der Waals surface area contributed by atoms with Crippen molar-refractivity contribution in [3.05, 3.63) is 0 Å². The van der Waals surface area contributed by atoms with Crippen molar-refractivity contribution in [2.75, 3.05) is 54.1 Å². The van der Waals surface area contributed by atoms with Crippen molar-refractivity contribution < 1.29 is 13.3 Å². The third-order valence-electron chi connectivity index (χ3n) is 6.87. The molecule has 7 heteroatoms. The van der Waals surface area contributed by atoms with E-state index in [2.05, 4.69) is 30.2 Å².